The molecule has 0 saturated carbocycles. The Hall–Kier alpha value is -1.42. The molecule has 0 fully saturated rings. The van der Waals surface area contributed by atoms with Crippen molar-refractivity contribution in [3.63, 3.8) is 0 Å². The van der Waals surface area contributed by atoms with Crippen molar-refractivity contribution in [1.82, 2.24) is 9.88 Å². The molecule has 0 spiro atoms. The normalized spacial score (nSPS) is 11.1. The average molecular weight is 236 g/mol. The monoisotopic (exact) mass is 236 g/mol. The molecule has 0 saturated heterocycles. The van der Waals surface area contributed by atoms with E-state index < -0.39 is 5.97 Å². The topological polar surface area (TPSA) is 53.4 Å². The summed E-state index contributed by atoms with van der Waals surface area (Å²) in [6.07, 6.45) is 2.69. The van der Waals surface area contributed by atoms with E-state index in [4.69, 9.17) is 5.11 Å². The van der Waals surface area contributed by atoms with E-state index in [2.05, 4.69) is 23.7 Å². The van der Waals surface area contributed by atoms with E-state index in [1.807, 2.05) is 18.2 Å². The minimum atomic E-state index is -0.730. The van der Waals surface area contributed by atoms with Gasteiger partial charge in [0.15, 0.2) is 0 Å². The Labute approximate surface area is 102 Å². The lowest BCUT2D eigenvalue weighted by molar-refractivity contribution is -0.137. The predicted molar refractivity (Wildman–Crippen MR) is 66.7 cm³/mol. The first kappa shape index (κ1) is 13.6. The fourth-order valence-electron chi connectivity index (χ4n) is 1.65. The molecule has 0 aliphatic heterocycles. The first-order chi connectivity index (χ1) is 8.09. The van der Waals surface area contributed by atoms with Gasteiger partial charge < -0.3 is 5.11 Å². The second-order valence-corrected chi connectivity index (χ2v) is 4.38. The summed E-state index contributed by atoms with van der Waals surface area (Å²) >= 11 is 0. The summed E-state index contributed by atoms with van der Waals surface area (Å²) in [5.74, 6) is -0.730. The van der Waals surface area contributed by atoms with Crippen molar-refractivity contribution in [2.45, 2.75) is 39.3 Å². The number of aliphatic carboxylic acids is 1. The van der Waals surface area contributed by atoms with Gasteiger partial charge in [-0.05, 0) is 38.9 Å². The summed E-state index contributed by atoms with van der Waals surface area (Å²) in [7, 11) is 0. The van der Waals surface area contributed by atoms with Crippen LogP contribution in [0, 0.1) is 0 Å². The quantitative estimate of drug-likeness (QED) is 0.788. The van der Waals surface area contributed by atoms with Gasteiger partial charge >= 0.3 is 5.97 Å². The number of hydrogen-bond donors (Lipinski definition) is 1. The molecule has 0 unspecified atom stereocenters. The zero-order valence-corrected chi connectivity index (χ0v) is 10.5. The maximum atomic E-state index is 10.5. The number of nitrogens with zero attached hydrogens (tertiary/aromatic N) is 2. The summed E-state index contributed by atoms with van der Waals surface area (Å²) in [5.41, 5.74) is 1.02. The Morgan fingerprint density at radius 2 is 2.24 bits per heavy atom. The second kappa shape index (κ2) is 7.01. The number of rotatable bonds is 7. The third kappa shape index (κ3) is 5.45. The fourth-order valence-corrected chi connectivity index (χ4v) is 1.65. The summed E-state index contributed by atoms with van der Waals surface area (Å²) in [4.78, 5) is 17.0. The van der Waals surface area contributed by atoms with Crippen LogP contribution in [0.15, 0.2) is 24.4 Å². The van der Waals surface area contributed by atoms with Crippen LogP contribution < -0.4 is 0 Å². The lowest BCUT2D eigenvalue weighted by Crippen LogP contribution is -2.31. The van der Waals surface area contributed by atoms with Gasteiger partial charge in [0.05, 0.1) is 5.69 Å². The Bertz CT molecular complexity index is 339. The number of carbonyl (C=O) groups is 1. The van der Waals surface area contributed by atoms with E-state index in [1.165, 1.54) is 0 Å². The molecule has 4 heteroatoms. The van der Waals surface area contributed by atoms with Crippen molar-refractivity contribution < 1.29 is 9.90 Å². The zero-order chi connectivity index (χ0) is 12.7. The van der Waals surface area contributed by atoms with Gasteiger partial charge in [-0.2, -0.15) is 0 Å². The Morgan fingerprint density at radius 1 is 1.47 bits per heavy atom. The van der Waals surface area contributed by atoms with Crippen LogP contribution in [-0.2, 0) is 11.3 Å². The summed E-state index contributed by atoms with van der Waals surface area (Å²) in [6, 6.07) is 6.25. The Morgan fingerprint density at radius 3 is 2.76 bits per heavy atom. The zero-order valence-electron chi connectivity index (χ0n) is 10.5. The number of aromatic nitrogens is 1. The Balaban J connectivity index is 2.46. The molecule has 0 aromatic carbocycles. The number of carboxylic acid groups (broad SMARTS) is 1. The van der Waals surface area contributed by atoms with Crippen molar-refractivity contribution in [1.29, 1.82) is 0 Å². The van der Waals surface area contributed by atoms with Crippen LogP contribution in [0.5, 0.6) is 0 Å². The average Bonchev–Trinajstić information content (AvgIpc) is 2.28. The summed E-state index contributed by atoms with van der Waals surface area (Å²) in [5, 5.41) is 8.62. The lowest BCUT2D eigenvalue weighted by atomic mass is 10.2. The molecule has 17 heavy (non-hydrogen) atoms. The molecule has 1 rings (SSSR count). The van der Waals surface area contributed by atoms with Gasteiger partial charge in [0.25, 0.3) is 0 Å². The molecule has 0 atom stereocenters. The van der Waals surface area contributed by atoms with Crippen molar-refractivity contribution >= 4 is 5.97 Å². The van der Waals surface area contributed by atoms with Gasteiger partial charge in [-0.3, -0.25) is 14.7 Å². The van der Waals surface area contributed by atoms with Gasteiger partial charge in [-0.25, -0.2) is 0 Å². The highest BCUT2D eigenvalue weighted by molar-refractivity contribution is 5.66. The molecule has 0 amide bonds. The number of hydrogen-bond acceptors (Lipinski definition) is 3. The Kier molecular flexibility index (Phi) is 5.63. The highest BCUT2D eigenvalue weighted by atomic mass is 16.4. The van der Waals surface area contributed by atoms with E-state index in [9.17, 15) is 4.79 Å². The van der Waals surface area contributed by atoms with Gasteiger partial charge in [-0.15, -0.1) is 0 Å². The molecule has 1 aromatic rings. The van der Waals surface area contributed by atoms with Gasteiger partial charge in [-0.1, -0.05) is 6.07 Å². The van der Waals surface area contributed by atoms with E-state index in [-0.39, 0.29) is 6.42 Å². The molecule has 1 heterocycles. The van der Waals surface area contributed by atoms with E-state index in [0.717, 1.165) is 18.8 Å². The van der Waals surface area contributed by atoms with Crippen LogP contribution in [-0.4, -0.2) is 33.5 Å². The highest BCUT2D eigenvalue weighted by Gasteiger charge is 2.11. The van der Waals surface area contributed by atoms with Crippen LogP contribution in [0.3, 0.4) is 0 Å². The van der Waals surface area contributed by atoms with E-state index in [1.54, 1.807) is 6.20 Å². The van der Waals surface area contributed by atoms with Crippen LogP contribution in [0.1, 0.15) is 32.4 Å². The van der Waals surface area contributed by atoms with Crippen LogP contribution in [0.2, 0.25) is 0 Å². The number of carboxylic acids is 1. The fraction of sp³-hybridized carbons (Fsp3) is 0.538. The molecular weight excluding hydrogens is 216 g/mol. The smallest absolute Gasteiger partial charge is 0.303 e. The van der Waals surface area contributed by atoms with Gasteiger partial charge in [0, 0.05) is 25.2 Å². The van der Waals surface area contributed by atoms with Crippen molar-refractivity contribution in [3.8, 4) is 0 Å². The molecule has 4 nitrogen and oxygen atoms in total. The second-order valence-electron chi connectivity index (χ2n) is 4.38. The maximum Gasteiger partial charge on any atom is 0.303 e. The predicted octanol–water partition coefficient (Wildman–Crippen LogP) is 2.16. The van der Waals surface area contributed by atoms with Crippen molar-refractivity contribution in [2.75, 3.05) is 6.54 Å². The van der Waals surface area contributed by atoms with Crippen LogP contribution in [0.4, 0.5) is 0 Å². The molecular formula is C13H20N2O2. The summed E-state index contributed by atoms with van der Waals surface area (Å²) < 4.78 is 0. The first-order valence-electron chi connectivity index (χ1n) is 5.95. The van der Waals surface area contributed by atoms with Crippen molar-refractivity contribution in [3.05, 3.63) is 30.1 Å². The third-order valence-corrected chi connectivity index (χ3v) is 2.66. The molecule has 94 valence electrons. The van der Waals surface area contributed by atoms with E-state index >= 15 is 0 Å². The molecule has 0 aliphatic rings. The highest BCUT2D eigenvalue weighted by Crippen LogP contribution is 2.07. The van der Waals surface area contributed by atoms with Crippen molar-refractivity contribution in [2.24, 2.45) is 0 Å². The molecule has 0 radical (unpaired) electrons. The summed E-state index contributed by atoms with van der Waals surface area (Å²) in [6.45, 7) is 5.80. The molecule has 0 aliphatic carbocycles. The molecule has 1 aromatic heterocycles. The van der Waals surface area contributed by atoms with Crippen LogP contribution >= 0.6 is 0 Å². The lowest BCUT2D eigenvalue weighted by Gasteiger charge is -2.25. The van der Waals surface area contributed by atoms with Gasteiger partial charge in [0.2, 0.25) is 0 Å². The number of pyridine rings is 1. The maximum absolute atomic E-state index is 10.5. The molecule has 0 bridgehead atoms. The minimum absolute atomic E-state index is 0.228. The minimum Gasteiger partial charge on any atom is -0.481 e. The first-order valence-corrected chi connectivity index (χ1v) is 5.95. The third-order valence-electron chi connectivity index (χ3n) is 2.66. The molecule has 1 N–H and O–H groups in total. The standard InChI is InChI=1S/C13H20N2O2/c1-11(2)15(9-5-7-13(16)17)10-12-6-3-4-8-14-12/h3-4,6,8,11H,5,7,9-10H2,1-2H3,(H,16,17). The van der Waals surface area contributed by atoms with Gasteiger partial charge in [0.1, 0.15) is 0 Å². The SMILES string of the molecule is CC(C)N(CCCC(=O)O)Cc1ccccn1. The van der Waals surface area contributed by atoms with E-state index in [0.29, 0.717) is 12.5 Å². The van der Waals surface area contributed by atoms with Crippen LogP contribution in [0.25, 0.3) is 0 Å². The largest absolute Gasteiger partial charge is 0.481 e.